The summed E-state index contributed by atoms with van der Waals surface area (Å²) in [5, 5.41) is 17.1. The predicted molar refractivity (Wildman–Crippen MR) is 88.3 cm³/mol. The molecule has 0 spiro atoms. The van der Waals surface area contributed by atoms with Crippen LogP contribution in [0.15, 0.2) is 29.5 Å². The van der Waals surface area contributed by atoms with Gasteiger partial charge in [0.1, 0.15) is 5.75 Å². The molecule has 1 saturated heterocycles. The molecule has 2 rings (SSSR count). The van der Waals surface area contributed by atoms with Gasteiger partial charge in [-0.25, -0.2) is 0 Å². The van der Waals surface area contributed by atoms with Gasteiger partial charge in [0.05, 0.1) is 31.2 Å². The number of rotatable bonds is 5. The highest BCUT2D eigenvalue weighted by molar-refractivity contribution is 5.51. The number of ether oxygens (including phenoxy) is 1. The topological polar surface area (TPSA) is 63.4 Å². The van der Waals surface area contributed by atoms with Gasteiger partial charge in [0.25, 0.3) is 0 Å². The Morgan fingerprint density at radius 2 is 2.13 bits per heavy atom. The maximum atomic E-state index is 11.9. The number of hydrogen-bond donors (Lipinski definition) is 0. The number of hydrazine groups is 1. The third kappa shape index (κ3) is 4.40. The molecule has 0 amide bonds. The maximum absolute atomic E-state index is 11.9. The molecule has 128 valence electrons. The number of benzene rings is 1. The molecule has 1 aromatic rings. The van der Waals surface area contributed by atoms with Crippen LogP contribution < -0.4 is 9.64 Å². The molecule has 7 heteroatoms. The predicted octanol–water partition coefficient (Wildman–Crippen LogP) is 2.81. The summed E-state index contributed by atoms with van der Waals surface area (Å²) >= 11 is 0. The van der Waals surface area contributed by atoms with Crippen molar-refractivity contribution in [3.05, 3.63) is 29.5 Å². The summed E-state index contributed by atoms with van der Waals surface area (Å²) in [6.07, 6.45) is 0.736. The Labute approximate surface area is 137 Å². The largest absolute Gasteiger partial charge is 0.569 e. The van der Waals surface area contributed by atoms with Crippen molar-refractivity contribution in [2.24, 2.45) is 5.28 Å². The zero-order valence-corrected chi connectivity index (χ0v) is 14.5. The summed E-state index contributed by atoms with van der Waals surface area (Å²) < 4.78 is 5.25. The molecular weight excluding hydrogens is 296 g/mol. The van der Waals surface area contributed by atoms with Gasteiger partial charge in [0.2, 0.25) is 5.28 Å². The van der Waals surface area contributed by atoms with E-state index in [1.807, 2.05) is 45.0 Å². The summed E-state index contributed by atoms with van der Waals surface area (Å²) in [6.45, 7) is 7.37. The SMILES string of the molecule is COc1cccc(N2CC[C@@H](O/N=[N+](/[O-])N(C)C(C)(C)C)C2)c1. The van der Waals surface area contributed by atoms with Gasteiger partial charge in [-0.05, 0) is 32.9 Å². The van der Waals surface area contributed by atoms with E-state index >= 15 is 0 Å². The van der Waals surface area contributed by atoms with Crippen molar-refractivity contribution in [1.29, 1.82) is 0 Å². The van der Waals surface area contributed by atoms with Crippen molar-refractivity contribution >= 4 is 5.69 Å². The molecule has 1 aromatic carbocycles. The van der Waals surface area contributed by atoms with Gasteiger partial charge in [-0.1, -0.05) is 6.07 Å². The Kier molecular flexibility index (Phi) is 5.18. The molecular formula is C16H26N4O3. The van der Waals surface area contributed by atoms with Crippen LogP contribution in [0.3, 0.4) is 0 Å². The molecule has 1 heterocycles. The van der Waals surface area contributed by atoms with Crippen LogP contribution in [-0.2, 0) is 4.84 Å². The van der Waals surface area contributed by atoms with E-state index in [1.54, 1.807) is 14.2 Å². The van der Waals surface area contributed by atoms with Crippen LogP contribution in [0.25, 0.3) is 0 Å². The monoisotopic (exact) mass is 322 g/mol. The average molecular weight is 322 g/mol. The van der Waals surface area contributed by atoms with Crippen LogP contribution in [-0.4, -0.2) is 48.9 Å². The first kappa shape index (κ1) is 17.2. The molecule has 1 aliphatic heterocycles. The van der Waals surface area contributed by atoms with Gasteiger partial charge in [0, 0.05) is 24.7 Å². The fourth-order valence-electron chi connectivity index (χ4n) is 2.27. The smallest absolute Gasteiger partial charge is 0.233 e. The Hall–Kier alpha value is -2.18. The minimum absolute atomic E-state index is 0.0916. The standard InChI is InChI=1S/C16H26N4O3/c1-16(2,3)18(4)20(21)17-23-15-9-10-19(12-15)13-7-6-8-14(11-13)22-5/h6-8,11,15H,9-10,12H2,1-5H3/b20-17+/t15-/m1/s1. The van der Waals surface area contributed by atoms with Crippen molar-refractivity contribution in [3.8, 4) is 5.75 Å². The van der Waals surface area contributed by atoms with E-state index in [4.69, 9.17) is 9.57 Å². The van der Waals surface area contributed by atoms with Crippen molar-refractivity contribution in [3.63, 3.8) is 0 Å². The second-order valence-corrected chi connectivity index (χ2v) is 6.69. The number of anilines is 1. The second-order valence-electron chi connectivity index (χ2n) is 6.69. The first-order valence-corrected chi connectivity index (χ1v) is 7.78. The Morgan fingerprint density at radius 3 is 2.78 bits per heavy atom. The zero-order chi connectivity index (χ0) is 17.0. The van der Waals surface area contributed by atoms with Crippen LogP contribution in [0.5, 0.6) is 5.75 Å². The van der Waals surface area contributed by atoms with E-state index in [0.717, 1.165) is 24.4 Å². The molecule has 0 aromatic heterocycles. The van der Waals surface area contributed by atoms with Gasteiger partial charge in [-0.15, -0.1) is 5.01 Å². The molecule has 1 aliphatic rings. The van der Waals surface area contributed by atoms with Gasteiger partial charge >= 0.3 is 0 Å². The fourth-order valence-corrected chi connectivity index (χ4v) is 2.27. The fraction of sp³-hybridized carbons (Fsp3) is 0.625. The Morgan fingerprint density at radius 1 is 1.39 bits per heavy atom. The molecule has 0 aliphatic carbocycles. The molecule has 23 heavy (non-hydrogen) atoms. The van der Waals surface area contributed by atoms with Crippen LogP contribution in [0.4, 0.5) is 5.69 Å². The molecule has 0 unspecified atom stereocenters. The van der Waals surface area contributed by atoms with Gasteiger partial charge < -0.3 is 19.7 Å². The third-order valence-electron chi connectivity index (χ3n) is 4.06. The molecule has 1 atom stereocenters. The van der Waals surface area contributed by atoms with Crippen molar-refractivity contribution in [2.75, 3.05) is 32.1 Å². The Balaban J connectivity index is 1.93. The maximum Gasteiger partial charge on any atom is 0.233 e. The summed E-state index contributed by atoms with van der Waals surface area (Å²) in [5.74, 6) is 0.828. The lowest BCUT2D eigenvalue weighted by molar-refractivity contribution is -0.720. The van der Waals surface area contributed by atoms with E-state index in [1.165, 1.54) is 5.01 Å². The van der Waals surface area contributed by atoms with Gasteiger partial charge in [-0.2, -0.15) is 0 Å². The van der Waals surface area contributed by atoms with E-state index in [-0.39, 0.29) is 11.6 Å². The summed E-state index contributed by atoms with van der Waals surface area (Å²) in [5.41, 5.74) is 0.776. The van der Waals surface area contributed by atoms with Gasteiger partial charge in [0.15, 0.2) is 6.10 Å². The van der Waals surface area contributed by atoms with Crippen molar-refractivity contribution in [1.82, 2.24) is 5.01 Å². The van der Waals surface area contributed by atoms with E-state index in [2.05, 4.69) is 10.2 Å². The van der Waals surface area contributed by atoms with E-state index in [9.17, 15) is 5.21 Å². The van der Waals surface area contributed by atoms with Crippen LogP contribution >= 0.6 is 0 Å². The quantitative estimate of drug-likeness (QED) is 0.474. The number of methoxy groups -OCH3 is 1. The van der Waals surface area contributed by atoms with E-state index in [0.29, 0.717) is 11.5 Å². The Bertz CT molecular complexity index is 557. The highest BCUT2D eigenvalue weighted by atomic mass is 16.7. The van der Waals surface area contributed by atoms with Crippen LogP contribution in [0, 0.1) is 5.21 Å². The zero-order valence-electron chi connectivity index (χ0n) is 14.5. The second kappa shape index (κ2) is 6.93. The first-order valence-electron chi connectivity index (χ1n) is 7.78. The van der Waals surface area contributed by atoms with Crippen LogP contribution in [0.1, 0.15) is 27.2 Å². The average Bonchev–Trinajstić information content (AvgIpc) is 3.00. The lowest BCUT2D eigenvalue weighted by Crippen LogP contribution is -2.42. The van der Waals surface area contributed by atoms with Crippen LogP contribution in [0.2, 0.25) is 0 Å². The lowest BCUT2D eigenvalue weighted by Gasteiger charge is -2.26. The van der Waals surface area contributed by atoms with Crippen molar-refractivity contribution in [2.45, 2.75) is 38.8 Å². The third-order valence-corrected chi connectivity index (χ3v) is 4.06. The summed E-state index contributed by atoms with van der Waals surface area (Å²) in [6, 6.07) is 7.91. The minimum atomic E-state index is -0.309. The highest BCUT2D eigenvalue weighted by Gasteiger charge is 2.27. The van der Waals surface area contributed by atoms with E-state index < -0.39 is 0 Å². The highest BCUT2D eigenvalue weighted by Crippen LogP contribution is 2.25. The molecule has 1 fully saturated rings. The van der Waals surface area contributed by atoms with Gasteiger partial charge in [-0.3, -0.25) is 0 Å². The summed E-state index contributed by atoms with van der Waals surface area (Å²) in [4.78, 5) is 8.12. The number of hydrogen-bond acceptors (Lipinski definition) is 5. The number of nitrogens with zero attached hydrogens (tertiary/aromatic N) is 4. The minimum Gasteiger partial charge on any atom is -0.569 e. The molecule has 7 nitrogen and oxygen atoms in total. The molecule has 0 N–H and O–H groups in total. The normalized spacial score (nSPS) is 18.9. The molecule has 0 bridgehead atoms. The first-order chi connectivity index (χ1) is 10.8. The summed E-state index contributed by atoms with van der Waals surface area (Å²) in [7, 11) is 3.35. The lowest BCUT2D eigenvalue weighted by atomic mass is 10.1. The molecule has 0 saturated carbocycles. The molecule has 0 radical (unpaired) electrons. The van der Waals surface area contributed by atoms with Crippen molar-refractivity contribution < 1.29 is 14.5 Å².